The fraction of sp³-hybridized carbons (Fsp3) is 0.188. The van der Waals surface area contributed by atoms with Crippen molar-refractivity contribution in [2.24, 2.45) is 9.98 Å². The molecule has 0 heterocycles. The van der Waals surface area contributed by atoms with Gasteiger partial charge in [0.05, 0.1) is 11.4 Å². The van der Waals surface area contributed by atoms with Crippen LogP contribution in [0.2, 0.25) is 0 Å². The summed E-state index contributed by atoms with van der Waals surface area (Å²) in [4.78, 5) is 9.30. The van der Waals surface area contributed by atoms with Crippen molar-refractivity contribution >= 4 is 35.2 Å². The number of hydrogen-bond donors (Lipinski definition) is 2. The molecule has 0 spiro atoms. The Labute approximate surface area is 214 Å². The minimum absolute atomic E-state index is 0.817. The van der Waals surface area contributed by atoms with E-state index < -0.39 is 0 Å². The quantitative estimate of drug-likeness (QED) is 0.172. The average Bonchev–Trinajstić information content (AvgIpc) is 2.94. The molecule has 0 aliphatic rings. The number of anilines is 2. The number of nitrogens with one attached hydrogen (secondary N) is 2. The maximum absolute atomic E-state index is 4.65. The van der Waals surface area contributed by atoms with Crippen molar-refractivity contribution in [1.29, 1.82) is 0 Å². The first-order valence-corrected chi connectivity index (χ1v) is 12.7. The second kappa shape index (κ2) is 13.1. The number of benzene rings is 4. The van der Waals surface area contributed by atoms with Crippen molar-refractivity contribution in [2.75, 3.05) is 23.7 Å². The molecule has 0 amide bonds. The van der Waals surface area contributed by atoms with Crippen molar-refractivity contribution < 1.29 is 0 Å². The lowest BCUT2D eigenvalue weighted by molar-refractivity contribution is 1.04. The van der Waals surface area contributed by atoms with E-state index in [1.165, 1.54) is 11.1 Å². The van der Waals surface area contributed by atoms with E-state index in [0.717, 1.165) is 59.8 Å². The van der Waals surface area contributed by atoms with Gasteiger partial charge in [-0.05, 0) is 71.5 Å². The van der Waals surface area contributed by atoms with Crippen LogP contribution in [-0.2, 0) is 12.8 Å². The normalized spacial score (nSPS) is 11.3. The smallest absolute Gasteiger partial charge is 0.0629 e. The Morgan fingerprint density at radius 1 is 0.528 bits per heavy atom. The van der Waals surface area contributed by atoms with Crippen LogP contribution in [0.25, 0.3) is 0 Å². The molecule has 4 aromatic carbocycles. The van der Waals surface area contributed by atoms with Gasteiger partial charge in [0, 0.05) is 36.9 Å². The van der Waals surface area contributed by atoms with Crippen LogP contribution >= 0.6 is 0 Å². The van der Waals surface area contributed by atoms with Crippen LogP contribution in [-0.4, -0.2) is 25.5 Å². The fourth-order valence-electron chi connectivity index (χ4n) is 4.28. The molecular formula is C32H34N4. The lowest BCUT2D eigenvalue weighted by Gasteiger charge is -2.16. The minimum Gasteiger partial charge on any atom is -0.383 e. The first-order valence-electron chi connectivity index (χ1n) is 12.7. The van der Waals surface area contributed by atoms with Crippen LogP contribution in [0, 0.1) is 0 Å². The van der Waals surface area contributed by atoms with Gasteiger partial charge in [-0.15, -0.1) is 0 Å². The Balaban J connectivity index is 1.39. The molecular weight excluding hydrogens is 440 g/mol. The molecule has 0 aliphatic heterocycles. The highest BCUT2D eigenvalue weighted by atomic mass is 15.0. The Morgan fingerprint density at radius 2 is 0.944 bits per heavy atom. The highest BCUT2D eigenvalue weighted by Gasteiger charge is 2.07. The van der Waals surface area contributed by atoms with Crippen LogP contribution in [0.1, 0.15) is 36.1 Å². The van der Waals surface area contributed by atoms with Crippen LogP contribution < -0.4 is 10.6 Å². The molecule has 4 nitrogen and oxygen atoms in total. The van der Waals surface area contributed by atoms with Gasteiger partial charge < -0.3 is 10.6 Å². The number of aliphatic imine (C=N–C) groups is 2. The van der Waals surface area contributed by atoms with E-state index in [4.69, 9.17) is 0 Å². The Kier molecular flexibility index (Phi) is 9.04. The van der Waals surface area contributed by atoms with Crippen molar-refractivity contribution in [3.05, 3.63) is 119 Å². The molecule has 36 heavy (non-hydrogen) atoms. The van der Waals surface area contributed by atoms with Crippen LogP contribution in [0.4, 0.5) is 22.7 Å². The monoisotopic (exact) mass is 474 g/mol. The van der Waals surface area contributed by atoms with Crippen molar-refractivity contribution in [3.8, 4) is 0 Å². The zero-order valence-electron chi connectivity index (χ0n) is 21.1. The number of hydrogen-bond acceptors (Lipinski definition) is 4. The van der Waals surface area contributed by atoms with Gasteiger partial charge >= 0.3 is 0 Å². The van der Waals surface area contributed by atoms with Gasteiger partial charge in [0.25, 0.3) is 0 Å². The molecule has 0 unspecified atom stereocenters. The van der Waals surface area contributed by atoms with Gasteiger partial charge in [-0.3, -0.25) is 9.98 Å². The van der Waals surface area contributed by atoms with E-state index in [2.05, 4.69) is 70.9 Å². The lowest BCUT2D eigenvalue weighted by Crippen LogP contribution is -2.16. The van der Waals surface area contributed by atoms with Crippen LogP contribution in [0.3, 0.4) is 0 Å². The third-order valence-electron chi connectivity index (χ3n) is 6.11. The van der Waals surface area contributed by atoms with Crippen LogP contribution in [0.5, 0.6) is 0 Å². The van der Waals surface area contributed by atoms with E-state index in [0.29, 0.717) is 0 Å². The molecule has 0 radical (unpaired) electrons. The molecule has 0 fully saturated rings. The first-order chi connectivity index (χ1) is 17.8. The summed E-state index contributed by atoms with van der Waals surface area (Å²) in [5, 5.41) is 7.24. The summed E-state index contributed by atoms with van der Waals surface area (Å²) in [7, 11) is 0. The largest absolute Gasteiger partial charge is 0.383 e. The predicted octanol–water partition coefficient (Wildman–Crippen LogP) is 7.84. The highest BCUT2D eigenvalue weighted by Crippen LogP contribution is 2.22. The molecule has 0 saturated carbocycles. The van der Waals surface area contributed by atoms with Crippen molar-refractivity contribution in [1.82, 2.24) is 0 Å². The van der Waals surface area contributed by atoms with E-state index in [9.17, 15) is 0 Å². The molecule has 4 heteroatoms. The molecule has 4 rings (SSSR count). The Hall–Kier alpha value is -4.18. The number of rotatable bonds is 11. The molecule has 0 saturated heterocycles. The molecule has 4 aromatic rings. The summed E-state index contributed by atoms with van der Waals surface area (Å²) in [5.41, 5.74) is 9.12. The maximum Gasteiger partial charge on any atom is 0.0629 e. The second-order valence-electron chi connectivity index (χ2n) is 8.49. The lowest BCUT2D eigenvalue weighted by atomic mass is 10.0. The van der Waals surface area contributed by atoms with Gasteiger partial charge in [-0.1, -0.05) is 74.5 Å². The molecule has 2 N–H and O–H groups in total. The van der Waals surface area contributed by atoms with Crippen LogP contribution in [0.15, 0.2) is 107 Å². The average molecular weight is 475 g/mol. The zero-order chi connectivity index (χ0) is 25.0. The first kappa shape index (κ1) is 24.9. The van der Waals surface area contributed by atoms with Gasteiger partial charge in [0.1, 0.15) is 0 Å². The fourth-order valence-corrected chi connectivity index (χ4v) is 4.28. The SMILES string of the molecule is CCc1c(C=Nc2ccccc2)cccc1NCCNc1cccc(C=Nc2ccccc2)c1CC. The third kappa shape index (κ3) is 6.70. The van der Waals surface area contributed by atoms with E-state index in [1.807, 2.05) is 73.1 Å². The number of nitrogens with zero attached hydrogens (tertiary/aromatic N) is 2. The highest BCUT2D eigenvalue weighted by molar-refractivity contribution is 5.87. The van der Waals surface area contributed by atoms with Crippen molar-refractivity contribution in [3.63, 3.8) is 0 Å². The summed E-state index contributed by atoms with van der Waals surface area (Å²) in [6.45, 7) is 6.01. The minimum atomic E-state index is 0.817. The second-order valence-corrected chi connectivity index (χ2v) is 8.49. The topological polar surface area (TPSA) is 48.8 Å². The van der Waals surface area contributed by atoms with Gasteiger partial charge in [-0.25, -0.2) is 0 Å². The van der Waals surface area contributed by atoms with Gasteiger partial charge in [-0.2, -0.15) is 0 Å². The predicted molar refractivity (Wildman–Crippen MR) is 156 cm³/mol. The molecule has 0 atom stereocenters. The summed E-state index contributed by atoms with van der Waals surface area (Å²) >= 11 is 0. The molecule has 182 valence electrons. The standard InChI is InChI=1S/C32H34N4/c1-3-29-25(23-35-27-15-7-5-8-16-27)13-11-19-31(29)33-21-22-34-32-20-12-14-26(30(32)4-2)24-36-28-17-9-6-10-18-28/h5-20,23-24,33-34H,3-4,21-22H2,1-2H3. The van der Waals surface area contributed by atoms with Gasteiger partial charge in [0.15, 0.2) is 0 Å². The van der Waals surface area contributed by atoms with E-state index >= 15 is 0 Å². The maximum atomic E-state index is 4.65. The summed E-state index contributed by atoms with van der Waals surface area (Å²) in [6.07, 6.45) is 5.81. The third-order valence-corrected chi connectivity index (χ3v) is 6.11. The summed E-state index contributed by atoms with van der Waals surface area (Å²) < 4.78 is 0. The molecule has 0 bridgehead atoms. The summed E-state index contributed by atoms with van der Waals surface area (Å²) in [5.74, 6) is 0. The Bertz CT molecular complexity index is 1190. The molecule has 0 aliphatic carbocycles. The summed E-state index contributed by atoms with van der Waals surface area (Å²) in [6, 6.07) is 32.9. The van der Waals surface area contributed by atoms with E-state index in [1.54, 1.807) is 0 Å². The zero-order valence-corrected chi connectivity index (χ0v) is 21.1. The molecule has 0 aromatic heterocycles. The van der Waals surface area contributed by atoms with E-state index in [-0.39, 0.29) is 0 Å². The van der Waals surface area contributed by atoms with Gasteiger partial charge in [0.2, 0.25) is 0 Å². The number of para-hydroxylation sites is 2. The van der Waals surface area contributed by atoms with Crippen molar-refractivity contribution in [2.45, 2.75) is 26.7 Å². The Morgan fingerprint density at radius 3 is 1.33 bits per heavy atom.